The lowest BCUT2D eigenvalue weighted by molar-refractivity contribution is -0.0666. The van der Waals surface area contributed by atoms with Crippen molar-refractivity contribution >= 4 is 11.4 Å². The zero-order valence-corrected chi connectivity index (χ0v) is 21.1. The molecule has 0 amide bonds. The van der Waals surface area contributed by atoms with Gasteiger partial charge in [0, 0.05) is 43.2 Å². The molecule has 1 aliphatic carbocycles. The van der Waals surface area contributed by atoms with Gasteiger partial charge >= 0.3 is 0 Å². The van der Waals surface area contributed by atoms with Crippen LogP contribution in [-0.4, -0.2) is 37.0 Å². The van der Waals surface area contributed by atoms with Crippen LogP contribution >= 0.6 is 0 Å². The van der Waals surface area contributed by atoms with Crippen LogP contribution in [0.1, 0.15) is 48.8 Å². The van der Waals surface area contributed by atoms with Gasteiger partial charge in [0.1, 0.15) is 5.76 Å². The molecule has 3 aromatic rings. The molecular weight excluding hydrogens is 436 g/mol. The summed E-state index contributed by atoms with van der Waals surface area (Å²) in [4.78, 5) is 2.37. The third-order valence-corrected chi connectivity index (χ3v) is 7.49. The van der Waals surface area contributed by atoms with Gasteiger partial charge in [0.2, 0.25) is 0 Å². The van der Waals surface area contributed by atoms with Crippen LogP contribution in [0.2, 0.25) is 0 Å². The maximum absolute atomic E-state index is 9.61. The summed E-state index contributed by atoms with van der Waals surface area (Å²) in [6.07, 6.45) is 2.82. The SMILES string of the molecule is Cc1ccc(-c2c(C)noc2C)cc1N(CCCOC1(C)CNC1)c1ccc(C2(C#N)CC2)cc1. The zero-order valence-electron chi connectivity index (χ0n) is 21.1. The standard InChI is InChI=1S/C29H34N4O2/c1-20-6-7-23(27-21(2)32-35-22(27)3)16-26(20)33(14-5-15-34-28(4)18-31-19-28)25-10-8-24(9-11-25)29(17-30)12-13-29/h6-11,16,31H,5,12-15,18-19H2,1-4H3. The van der Waals surface area contributed by atoms with Crippen molar-refractivity contribution in [2.75, 3.05) is 31.1 Å². The number of nitrogens with zero attached hydrogens (tertiary/aromatic N) is 3. The number of nitrogens with one attached hydrogen (secondary N) is 1. The summed E-state index contributed by atoms with van der Waals surface area (Å²) in [6, 6.07) is 17.6. The predicted octanol–water partition coefficient (Wildman–Crippen LogP) is 5.73. The van der Waals surface area contributed by atoms with Crippen LogP contribution < -0.4 is 10.2 Å². The summed E-state index contributed by atoms with van der Waals surface area (Å²) in [5.41, 5.74) is 7.36. The molecule has 6 heteroatoms. The fourth-order valence-electron chi connectivity index (χ4n) is 5.01. The number of benzene rings is 2. The Morgan fingerprint density at radius 2 is 1.86 bits per heavy atom. The van der Waals surface area contributed by atoms with E-state index in [1.165, 1.54) is 5.56 Å². The number of aromatic nitrogens is 1. The highest BCUT2D eigenvalue weighted by atomic mass is 16.5. The number of aryl methyl sites for hydroxylation is 3. The fourth-order valence-corrected chi connectivity index (χ4v) is 5.01. The van der Waals surface area contributed by atoms with Crippen LogP contribution in [0.15, 0.2) is 47.0 Å². The third-order valence-electron chi connectivity index (χ3n) is 7.49. The maximum Gasteiger partial charge on any atom is 0.141 e. The summed E-state index contributed by atoms with van der Waals surface area (Å²) >= 11 is 0. The van der Waals surface area contributed by atoms with Crippen LogP contribution in [0.5, 0.6) is 0 Å². The van der Waals surface area contributed by atoms with E-state index in [0.717, 1.165) is 78.4 Å². The Hall–Kier alpha value is -3.14. The van der Waals surface area contributed by atoms with E-state index in [1.807, 2.05) is 13.8 Å². The van der Waals surface area contributed by atoms with Crippen molar-refractivity contribution in [3.05, 3.63) is 65.0 Å². The van der Waals surface area contributed by atoms with Gasteiger partial charge in [-0.3, -0.25) is 0 Å². The molecule has 1 saturated carbocycles. The molecule has 1 aliphatic heterocycles. The highest BCUT2D eigenvalue weighted by Crippen LogP contribution is 2.48. The molecule has 0 spiro atoms. The molecule has 1 N–H and O–H groups in total. The molecule has 2 aromatic carbocycles. The summed E-state index contributed by atoms with van der Waals surface area (Å²) in [5, 5.41) is 17.1. The molecular formula is C29H34N4O2. The summed E-state index contributed by atoms with van der Waals surface area (Å²) < 4.78 is 11.6. The first-order valence-corrected chi connectivity index (χ1v) is 12.5. The van der Waals surface area contributed by atoms with Gasteiger partial charge in [-0.2, -0.15) is 5.26 Å². The average Bonchev–Trinajstić information content (AvgIpc) is 3.58. The second kappa shape index (κ2) is 9.14. The van der Waals surface area contributed by atoms with Gasteiger partial charge in [-0.1, -0.05) is 29.4 Å². The van der Waals surface area contributed by atoms with E-state index in [4.69, 9.17) is 9.26 Å². The molecule has 0 radical (unpaired) electrons. The van der Waals surface area contributed by atoms with Crippen LogP contribution in [0.4, 0.5) is 11.4 Å². The van der Waals surface area contributed by atoms with E-state index in [-0.39, 0.29) is 11.0 Å². The minimum Gasteiger partial charge on any atom is -0.373 e. The Morgan fingerprint density at radius 3 is 2.43 bits per heavy atom. The number of hydrogen-bond donors (Lipinski definition) is 1. The van der Waals surface area contributed by atoms with Crippen molar-refractivity contribution in [3.8, 4) is 17.2 Å². The molecule has 0 unspecified atom stereocenters. The van der Waals surface area contributed by atoms with Crippen LogP contribution in [0, 0.1) is 32.1 Å². The van der Waals surface area contributed by atoms with Gasteiger partial charge in [0.05, 0.1) is 22.8 Å². The minimum absolute atomic E-state index is 0.0402. The lowest BCUT2D eigenvalue weighted by Gasteiger charge is -2.39. The van der Waals surface area contributed by atoms with E-state index < -0.39 is 0 Å². The molecule has 2 heterocycles. The Bertz CT molecular complexity index is 1230. The number of rotatable bonds is 9. The predicted molar refractivity (Wildman–Crippen MR) is 138 cm³/mol. The summed E-state index contributed by atoms with van der Waals surface area (Å²) in [5.74, 6) is 0.829. The van der Waals surface area contributed by atoms with Crippen molar-refractivity contribution in [2.45, 2.75) is 58.0 Å². The third kappa shape index (κ3) is 4.59. The van der Waals surface area contributed by atoms with E-state index in [9.17, 15) is 5.26 Å². The smallest absolute Gasteiger partial charge is 0.141 e. The van der Waals surface area contributed by atoms with E-state index in [2.05, 4.69) is 77.8 Å². The number of anilines is 2. The van der Waals surface area contributed by atoms with Crippen molar-refractivity contribution in [1.82, 2.24) is 10.5 Å². The van der Waals surface area contributed by atoms with E-state index in [0.29, 0.717) is 6.61 Å². The molecule has 0 bridgehead atoms. The van der Waals surface area contributed by atoms with E-state index in [1.54, 1.807) is 0 Å². The van der Waals surface area contributed by atoms with Crippen LogP contribution in [0.3, 0.4) is 0 Å². The molecule has 0 atom stereocenters. The van der Waals surface area contributed by atoms with E-state index >= 15 is 0 Å². The fraction of sp³-hybridized carbons (Fsp3) is 0.448. The van der Waals surface area contributed by atoms with Crippen molar-refractivity contribution in [2.24, 2.45) is 0 Å². The lowest BCUT2D eigenvalue weighted by Crippen LogP contribution is -2.59. The van der Waals surface area contributed by atoms with Gasteiger partial charge in [-0.25, -0.2) is 0 Å². The highest BCUT2D eigenvalue weighted by Gasteiger charge is 2.44. The monoisotopic (exact) mass is 470 g/mol. The molecule has 2 fully saturated rings. The topological polar surface area (TPSA) is 74.3 Å². The minimum atomic E-state index is -0.275. The first-order chi connectivity index (χ1) is 16.8. The maximum atomic E-state index is 9.61. The normalized spacial score (nSPS) is 17.5. The van der Waals surface area contributed by atoms with Crippen LogP contribution in [0.25, 0.3) is 11.1 Å². The lowest BCUT2D eigenvalue weighted by atomic mass is 9.97. The number of hydrogen-bond acceptors (Lipinski definition) is 6. The first-order valence-electron chi connectivity index (χ1n) is 12.5. The van der Waals surface area contributed by atoms with Gasteiger partial charge in [-0.05, 0) is 81.8 Å². The van der Waals surface area contributed by atoms with Gasteiger partial charge in [0.15, 0.2) is 0 Å². The van der Waals surface area contributed by atoms with Crippen molar-refractivity contribution < 1.29 is 9.26 Å². The van der Waals surface area contributed by atoms with Crippen molar-refractivity contribution in [1.29, 1.82) is 5.26 Å². The van der Waals surface area contributed by atoms with Crippen LogP contribution in [-0.2, 0) is 10.2 Å². The quantitative estimate of drug-likeness (QED) is 0.403. The second-order valence-electron chi connectivity index (χ2n) is 10.3. The Kier molecular flexibility index (Phi) is 6.16. The molecule has 1 aromatic heterocycles. The first kappa shape index (κ1) is 23.6. The van der Waals surface area contributed by atoms with Gasteiger partial charge in [-0.15, -0.1) is 0 Å². The van der Waals surface area contributed by atoms with Gasteiger partial charge in [0.25, 0.3) is 0 Å². The largest absolute Gasteiger partial charge is 0.373 e. The molecule has 5 rings (SSSR count). The second-order valence-corrected chi connectivity index (χ2v) is 10.3. The Labute approximate surface area is 207 Å². The molecule has 182 valence electrons. The Balaban J connectivity index is 1.45. The van der Waals surface area contributed by atoms with Gasteiger partial charge < -0.3 is 19.5 Å². The highest BCUT2D eigenvalue weighted by molar-refractivity contribution is 5.76. The van der Waals surface area contributed by atoms with Crippen molar-refractivity contribution in [3.63, 3.8) is 0 Å². The average molecular weight is 471 g/mol. The molecule has 35 heavy (non-hydrogen) atoms. The number of nitriles is 1. The molecule has 6 nitrogen and oxygen atoms in total. The molecule has 1 saturated heterocycles. The number of ether oxygens (including phenoxy) is 1. The summed E-state index contributed by atoms with van der Waals surface area (Å²) in [6.45, 7) is 11.6. The molecule has 2 aliphatic rings. The zero-order chi connectivity index (χ0) is 24.6. The summed E-state index contributed by atoms with van der Waals surface area (Å²) in [7, 11) is 0. The Morgan fingerprint density at radius 1 is 1.11 bits per heavy atom.